The number of hydrogen-bond acceptors (Lipinski definition) is 4. The zero-order valence-corrected chi connectivity index (χ0v) is 17.6. The molecule has 1 spiro atoms. The molecule has 2 heterocycles. The van der Waals surface area contributed by atoms with E-state index in [1.807, 2.05) is 9.58 Å². The predicted molar refractivity (Wildman–Crippen MR) is 107 cm³/mol. The first-order valence-corrected chi connectivity index (χ1v) is 10.5. The molecule has 2 aliphatic rings. The lowest BCUT2D eigenvalue weighted by atomic mass is 9.59. The Balaban J connectivity index is 1.55. The van der Waals surface area contributed by atoms with Gasteiger partial charge in [0.15, 0.2) is 5.69 Å². The summed E-state index contributed by atoms with van der Waals surface area (Å²) in [6.07, 6.45) is 5.93. The second-order valence-corrected chi connectivity index (χ2v) is 9.17. The molecular formula is C20H34N6O2. The molecule has 156 valence electrons. The molecule has 8 nitrogen and oxygen atoms in total. The van der Waals surface area contributed by atoms with Gasteiger partial charge in [-0.05, 0) is 42.9 Å². The minimum Gasteiger partial charge on any atom is -0.350 e. The average molecular weight is 391 g/mol. The first kappa shape index (κ1) is 20.6. The van der Waals surface area contributed by atoms with Crippen LogP contribution in [0.25, 0.3) is 0 Å². The van der Waals surface area contributed by atoms with Gasteiger partial charge in [0.25, 0.3) is 5.91 Å². The normalized spacial score (nSPS) is 21.1. The fourth-order valence-corrected chi connectivity index (χ4v) is 4.16. The maximum Gasteiger partial charge on any atom is 0.317 e. The first-order chi connectivity index (χ1) is 13.3. The van der Waals surface area contributed by atoms with Crippen LogP contribution in [0.4, 0.5) is 4.79 Å². The van der Waals surface area contributed by atoms with Crippen molar-refractivity contribution < 1.29 is 9.59 Å². The van der Waals surface area contributed by atoms with Crippen LogP contribution < -0.4 is 10.6 Å². The third-order valence-corrected chi connectivity index (χ3v) is 6.06. The molecule has 3 rings (SSSR count). The van der Waals surface area contributed by atoms with Crippen LogP contribution in [-0.4, -0.2) is 58.0 Å². The summed E-state index contributed by atoms with van der Waals surface area (Å²) in [5.41, 5.74) is 0.557. The highest BCUT2D eigenvalue weighted by Crippen LogP contribution is 2.56. The lowest BCUT2D eigenvalue weighted by molar-refractivity contribution is -0.0229. The van der Waals surface area contributed by atoms with Gasteiger partial charge in [-0.2, -0.15) is 0 Å². The molecule has 1 aromatic rings. The smallest absolute Gasteiger partial charge is 0.317 e. The number of carbonyl (C=O) groups excluding carboxylic acids is 2. The Hall–Kier alpha value is -2.12. The van der Waals surface area contributed by atoms with Gasteiger partial charge in [0.05, 0.1) is 12.2 Å². The zero-order valence-electron chi connectivity index (χ0n) is 17.6. The van der Waals surface area contributed by atoms with Crippen LogP contribution in [0.15, 0.2) is 6.20 Å². The lowest BCUT2D eigenvalue weighted by Crippen LogP contribution is -2.53. The topological polar surface area (TPSA) is 92.2 Å². The van der Waals surface area contributed by atoms with Gasteiger partial charge >= 0.3 is 6.03 Å². The highest BCUT2D eigenvalue weighted by atomic mass is 16.2. The molecule has 1 atom stereocenters. The largest absolute Gasteiger partial charge is 0.350 e. The monoisotopic (exact) mass is 390 g/mol. The summed E-state index contributed by atoms with van der Waals surface area (Å²) < 4.78 is 1.88. The second-order valence-electron chi connectivity index (χ2n) is 9.17. The second kappa shape index (κ2) is 8.49. The first-order valence-electron chi connectivity index (χ1n) is 10.5. The molecule has 1 aliphatic carbocycles. The van der Waals surface area contributed by atoms with E-state index in [0.717, 1.165) is 38.8 Å². The molecule has 1 unspecified atom stereocenters. The van der Waals surface area contributed by atoms with Gasteiger partial charge in [-0.15, -0.1) is 5.10 Å². The SMILES string of the molecule is CC(C)CNC(=O)c1cn(C2CCC23CCN(C(=O)NCC(C)C)CC3)nn1. The maximum atomic E-state index is 12.3. The highest BCUT2D eigenvalue weighted by Gasteiger charge is 2.50. The van der Waals surface area contributed by atoms with Crippen LogP contribution >= 0.6 is 0 Å². The van der Waals surface area contributed by atoms with Gasteiger partial charge in [0.2, 0.25) is 0 Å². The van der Waals surface area contributed by atoms with Crippen LogP contribution in [0.2, 0.25) is 0 Å². The summed E-state index contributed by atoms with van der Waals surface area (Å²) in [6.45, 7) is 11.2. The van der Waals surface area contributed by atoms with Gasteiger partial charge in [0.1, 0.15) is 0 Å². The maximum absolute atomic E-state index is 12.3. The molecule has 1 aromatic heterocycles. The van der Waals surface area contributed by atoms with Gasteiger partial charge in [-0.1, -0.05) is 32.9 Å². The Kier molecular flexibility index (Phi) is 6.25. The minimum absolute atomic E-state index is 0.0456. The Labute approximate surface area is 167 Å². The number of carbonyl (C=O) groups is 2. The molecule has 0 aromatic carbocycles. The molecule has 8 heteroatoms. The van der Waals surface area contributed by atoms with Crippen LogP contribution in [0.5, 0.6) is 0 Å². The molecule has 28 heavy (non-hydrogen) atoms. The molecule has 2 N–H and O–H groups in total. The van der Waals surface area contributed by atoms with Crippen molar-refractivity contribution in [3.05, 3.63) is 11.9 Å². The van der Waals surface area contributed by atoms with Crippen molar-refractivity contribution >= 4 is 11.9 Å². The molecule has 2 fully saturated rings. The van der Waals surface area contributed by atoms with Crippen LogP contribution in [0.3, 0.4) is 0 Å². The van der Waals surface area contributed by atoms with Crippen molar-refractivity contribution in [3.63, 3.8) is 0 Å². The number of hydrogen-bond donors (Lipinski definition) is 2. The molecule has 1 saturated heterocycles. The van der Waals surface area contributed by atoms with Gasteiger partial charge in [-0.3, -0.25) is 4.79 Å². The highest BCUT2D eigenvalue weighted by molar-refractivity contribution is 5.91. The Bertz CT molecular complexity index is 691. The van der Waals surface area contributed by atoms with Crippen molar-refractivity contribution in [2.45, 2.75) is 59.4 Å². The Morgan fingerprint density at radius 2 is 1.75 bits per heavy atom. The van der Waals surface area contributed by atoms with E-state index < -0.39 is 0 Å². The molecule has 1 saturated carbocycles. The standard InChI is InChI=1S/C20H34N6O2/c1-14(2)11-21-18(27)16-13-26(24-23-16)17-5-6-20(17)7-9-25(10-8-20)19(28)22-12-15(3)4/h13-15,17H,5-12H2,1-4H3,(H,21,27)(H,22,28). The number of piperidine rings is 1. The number of urea groups is 1. The van der Waals surface area contributed by atoms with E-state index in [1.54, 1.807) is 6.20 Å². The minimum atomic E-state index is -0.162. The van der Waals surface area contributed by atoms with Crippen molar-refractivity contribution in [1.82, 2.24) is 30.5 Å². The Morgan fingerprint density at radius 3 is 2.32 bits per heavy atom. The van der Waals surface area contributed by atoms with E-state index in [1.165, 1.54) is 0 Å². The zero-order chi connectivity index (χ0) is 20.3. The number of amides is 3. The summed E-state index contributed by atoms with van der Waals surface area (Å²) in [5.74, 6) is 0.692. The van der Waals surface area contributed by atoms with Gasteiger partial charge in [-0.25, -0.2) is 9.48 Å². The number of aromatic nitrogens is 3. The van der Waals surface area contributed by atoms with E-state index in [4.69, 9.17) is 0 Å². The third kappa shape index (κ3) is 4.47. The van der Waals surface area contributed by atoms with Crippen molar-refractivity contribution in [2.24, 2.45) is 17.3 Å². The van der Waals surface area contributed by atoms with E-state index >= 15 is 0 Å². The van der Waals surface area contributed by atoms with Crippen LogP contribution in [-0.2, 0) is 0 Å². The van der Waals surface area contributed by atoms with Crippen LogP contribution in [0, 0.1) is 17.3 Å². The molecular weight excluding hydrogens is 356 g/mol. The summed E-state index contributed by atoms with van der Waals surface area (Å²) in [6, 6.07) is 0.316. The fraction of sp³-hybridized carbons (Fsp3) is 0.800. The lowest BCUT2D eigenvalue weighted by Gasteiger charge is -2.53. The predicted octanol–water partition coefficient (Wildman–Crippen LogP) is 2.45. The van der Waals surface area contributed by atoms with Gasteiger partial charge in [0, 0.05) is 26.2 Å². The quantitative estimate of drug-likeness (QED) is 0.780. The Morgan fingerprint density at radius 1 is 1.11 bits per heavy atom. The molecule has 3 amide bonds. The number of rotatable bonds is 6. The van der Waals surface area contributed by atoms with E-state index in [2.05, 4.69) is 48.6 Å². The molecule has 0 bridgehead atoms. The number of nitrogens with one attached hydrogen (secondary N) is 2. The third-order valence-electron chi connectivity index (χ3n) is 6.06. The molecule has 1 aliphatic heterocycles. The number of likely N-dealkylation sites (tertiary alicyclic amines) is 1. The van der Waals surface area contributed by atoms with Crippen molar-refractivity contribution in [2.75, 3.05) is 26.2 Å². The van der Waals surface area contributed by atoms with Crippen molar-refractivity contribution in [3.8, 4) is 0 Å². The number of nitrogens with zero attached hydrogens (tertiary/aromatic N) is 4. The summed E-state index contributed by atoms with van der Waals surface area (Å²) in [7, 11) is 0. The van der Waals surface area contributed by atoms with Crippen molar-refractivity contribution in [1.29, 1.82) is 0 Å². The summed E-state index contributed by atoms with van der Waals surface area (Å²) >= 11 is 0. The van der Waals surface area contributed by atoms with Gasteiger partial charge < -0.3 is 15.5 Å². The van der Waals surface area contributed by atoms with E-state index in [0.29, 0.717) is 30.6 Å². The fourth-order valence-electron chi connectivity index (χ4n) is 4.16. The van der Waals surface area contributed by atoms with E-state index in [9.17, 15) is 9.59 Å². The average Bonchev–Trinajstić information content (AvgIpc) is 3.12. The molecule has 0 radical (unpaired) electrons. The van der Waals surface area contributed by atoms with Crippen LogP contribution in [0.1, 0.15) is 69.9 Å². The summed E-state index contributed by atoms with van der Waals surface area (Å²) in [4.78, 5) is 26.4. The summed E-state index contributed by atoms with van der Waals surface area (Å²) in [5, 5.41) is 14.2. The van der Waals surface area contributed by atoms with E-state index in [-0.39, 0.29) is 23.4 Å².